The van der Waals surface area contributed by atoms with E-state index in [1.54, 1.807) is 16.7 Å². The summed E-state index contributed by atoms with van der Waals surface area (Å²) < 4.78 is 0. The predicted octanol–water partition coefficient (Wildman–Crippen LogP) is 4.81. The van der Waals surface area contributed by atoms with E-state index in [4.69, 9.17) is 0 Å². The zero-order valence-electron chi connectivity index (χ0n) is 17.7. The van der Waals surface area contributed by atoms with Gasteiger partial charge in [-0.05, 0) is 37.5 Å². The van der Waals surface area contributed by atoms with Crippen LogP contribution in [0.4, 0.5) is 0 Å². The fraction of sp³-hybridized carbons (Fsp3) is 0.417. The third-order valence-electron chi connectivity index (χ3n) is 4.70. The molecule has 0 heterocycles. The van der Waals surface area contributed by atoms with Gasteiger partial charge in [0.1, 0.15) is 6.04 Å². The molecule has 0 aliphatic carbocycles. The summed E-state index contributed by atoms with van der Waals surface area (Å²) in [4.78, 5) is 28.8. The van der Waals surface area contributed by atoms with Gasteiger partial charge < -0.3 is 10.2 Å². The smallest absolute Gasteiger partial charge is 0.242 e. The number of amides is 2. The van der Waals surface area contributed by atoms with Crippen LogP contribution in [0.3, 0.4) is 0 Å². The molecule has 0 unspecified atom stereocenters. The van der Waals surface area contributed by atoms with Crippen LogP contribution in [0.5, 0.6) is 0 Å². The molecule has 0 aliphatic rings. The molecule has 0 fully saturated rings. The molecule has 29 heavy (non-hydrogen) atoms. The molecule has 1 N–H and O–H groups in total. The van der Waals surface area contributed by atoms with Crippen molar-refractivity contribution < 1.29 is 9.59 Å². The Kier molecular flexibility index (Phi) is 9.78. The number of carbonyl (C=O) groups excluding carboxylic acids is 2. The fourth-order valence-electron chi connectivity index (χ4n) is 3.21. The van der Waals surface area contributed by atoms with Crippen molar-refractivity contribution in [2.45, 2.75) is 57.5 Å². The summed E-state index contributed by atoms with van der Waals surface area (Å²) in [6.07, 6.45) is 1.88. The van der Waals surface area contributed by atoms with Gasteiger partial charge in [0.25, 0.3) is 0 Å². The van der Waals surface area contributed by atoms with Gasteiger partial charge in [-0.1, -0.05) is 61.9 Å². The van der Waals surface area contributed by atoms with E-state index in [9.17, 15) is 9.59 Å². The van der Waals surface area contributed by atoms with Crippen LogP contribution in [0, 0.1) is 6.92 Å². The van der Waals surface area contributed by atoms with Gasteiger partial charge in [0, 0.05) is 30.2 Å². The van der Waals surface area contributed by atoms with Crippen LogP contribution in [-0.4, -0.2) is 35.1 Å². The van der Waals surface area contributed by atoms with Crippen molar-refractivity contribution >= 4 is 23.6 Å². The molecule has 0 bridgehead atoms. The van der Waals surface area contributed by atoms with Crippen molar-refractivity contribution in [2.75, 3.05) is 12.3 Å². The largest absolute Gasteiger partial charge is 0.354 e. The molecule has 1 atom stereocenters. The first-order valence-electron chi connectivity index (χ1n) is 10.4. The fourth-order valence-corrected chi connectivity index (χ4v) is 4.07. The second-order valence-electron chi connectivity index (χ2n) is 7.14. The normalized spacial score (nSPS) is 11.7. The minimum Gasteiger partial charge on any atom is -0.354 e. The lowest BCUT2D eigenvalue weighted by molar-refractivity contribution is -0.141. The number of carbonyl (C=O) groups is 2. The van der Waals surface area contributed by atoms with E-state index < -0.39 is 6.04 Å². The van der Waals surface area contributed by atoms with Gasteiger partial charge in [0.15, 0.2) is 0 Å². The van der Waals surface area contributed by atoms with Crippen molar-refractivity contribution in [1.29, 1.82) is 0 Å². The standard InChI is InChI=1S/C24H32N2O2S/c1-4-15-25-24(28)22(5-2)26(18-20-11-9-10-19(3)17-20)23(27)14-16-29-21-12-7-6-8-13-21/h6-13,17,22H,4-5,14-16,18H2,1-3H3,(H,25,28)/t22-/m1/s1. The maximum Gasteiger partial charge on any atom is 0.242 e. The highest BCUT2D eigenvalue weighted by Crippen LogP contribution is 2.20. The predicted molar refractivity (Wildman–Crippen MR) is 121 cm³/mol. The SMILES string of the molecule is CCCNC(=O)[C@@H](CC)N(Cc1cccc(C)c1)C(=O)CCSc1ccccc1. The van der Waals surface area contributed by atoms with E-state index >= 15 is 0 Å². The summed E-state index contributed by atoms with van der Waals surface area (Å²) in [6, 6.07) is 17.8. The van der Waals surface area contributed by atoms with Crippen LogP contribution in [-0.2, 0) is 16.1 Å². The van der Waals surface area contributed by atoms with Gasteiger partial charge in [-0.3, -0.25) is 9.59 Å². The van der Waals surface area contributed by atoms with Crippen LogP contribution in [0.25, 0.3) is 0 Å². The van der Waals surface area contributed by atoms with E-state index in [0.717, 1.165) is 22.4 Å². The molecule has 4 nitrogen and oxygen atoms in total. The molecule has 2 aromatic rings. The summed E-state index contributed by atoms with van der Waals surface area (Å²) in [5.74, 6) is 0.652. The maximum atomic E-state index is 13.1. The molecule has 0 spiro atoms. The molecule has 2 amide bonds. The highest BCUT2D eigenvalue weighted by Gasteiger charge is 2.28. The molecule has 0 aromatic heterocycles. The average Bonchev–Trinajstić information content (AvgIpc) is 2.72. The average molecular weight is 413 g/mol. The number of thioether (sulfide) groups is 1. The number of nitrogens with one attached hydrogen (secondary N) is 1. The van der Waals surface area contributed by atoms with Gasteiger partial charge >= 0.3 is 0 Å². The first-order valence-corrected chi connectivity index (χ1v) is 11.3. The van der Waals surface area contributed by atoms with Gasteiger partial charge in [-0.25, -0.2) is 0 Å². The summed E-state index contributed by atoms with van der Waals surface area (Å²) in [5.41, 5.74) is 2.20. The Balaban J connectivity index is 2.10. The Morgan fingerprint density at radius 3 is 2.48 bits per heavy atom. The van der Waals surface area contributed by atoms with E-state index in [0.29, 0.717) is 31.7 Å². The first-order chi connectivity index (χ1) is 14.0. The maximum absolute atomic E-state index is 13.1. The minimum absolute atomic E-state index is 0.0217. The van der Waals surface area contributed by atoms with E-state index in [1.165, 1.54) is 0 Å². The second kappa shape index (κ2) is 12.3. The lowest BCUT2D eigenvalue weighted by Gasteiger charge is -2.31. The van der Waals surface area contributed by atoms with Crippen molar-refractivity contribution in [3.8, 4) is 0 Å². The zero-order chi connectivity index (χ0) is 21.1. The Bertz CT molecular complexity index is 779. The summed E-state index contributed by atoms with van der Waals surface area (Å²) in [7, 11) is 0. The van der Waals surface area contributed by atoms with Gasteiger partial charge in [-0.2, -0.15) is 0 Å². The van der Waals surface area contributed by atoms with Crippen LogP contribution in [0.2, 0.25) is 0 Å². The number of rotatable bonds is 11. The number of hydrogen-bond donors (Lipinski definition) is 1. The van der Waals surface area contributed by atoms with Crippen molar-refractivity contribution in [2.24, 2.45) is 0 Å². The minimum atomic E-state index is -0.448. The molecule has 0 saturated heterocycles. The molecule has 156 valence electrons. The Morgan fingerprint density at radius 1 is 1.07 bits per heavy atom. The Morgan fingerprint density at radius 2 is 1.83 bits per heavy atom. The Labute approximate surface area is 179 Å². The van der Waals surface area contributed by atoms with Crippen molar-refractivity contribution in [3.05, 3.63) is 65.7 Å². The van der Waals surface area contributed by atoms with Crippen LogP contribution in [0.1, 0.15) is 44.2 Å². The zero-order valence-corrected chi connectivity index (χ0v) is 18.5. The third kappa shape index (κ3) is 7.58. The highest BCUT2D eigenvalue weighted by molar-refractivity contribution is 7.99. The third-order valence-corrected chi connectivity index (χ3v) is 5.71. The summed E-state index contributed by atoms with van der Waals surface area (Å²) in [6.45, 7) is 7.11. The van der Waals surface area contributed by atoms with Crippen molar-refractivity contribution in [3.63, 3.8) is 0 Å². The van der Waals surface area contributed by atoms with E-state index in [1.807, 2.05) is 69.3 Å². The molecule has 2 rings (SSSR count). The van der Waals surface area contributed by atoms with Crippen LogP contribution >= 0.6 is 11.8 Å². The van der Waals surface area contributed by atoms with Gasteiger partial charge in [0.05, 0.1) is 0 Å². The van der Waals surface area contributed by atoms with E-state index in [2.05, 4.69) is 11.4 Å². The van der Waals surface area contributed by atoms with Crippen LogP contribution in [0.15, 0.2) is 59.5 Å². The number of hydrogen-bond acceptors (Lipinski definition) is 3. The number of benzene rings is 2. The first kappa shape index (κ1) is 23.0. The number of aryl methyl sites for hydroxylation is 1. The molecular weight excluding hydrogens is 380 g/mol. The quantitative estimate of drug-likeness (QED) is 0.539. The monoisotopic (exact) mass is 412 g/mol. The molecular formula is C24H32N2O2S. The summed E-state index contributed by atoms with van der Waals surface area (Å²) in [5, 5.41) is 2.96. The molecule has 0 radical (unpaired) electrons. The van der Waals surface area contributed by atoms with Gasteiger partial charge in [0.2, 0.25) is 11.8 Å². The Hall–Kier alpha value is -2.27. The lowest BCUT2D eigenvalue weighted by atomic mass is 10.1. The lowest BCUT2D eigenvalue weighted by Crippen LogP contribution is -2.49. The molecule has 5 heteroatoms. The topological polar surface area (TPSA) is 49.4 Å². The highest BCUT2D eigenvalue weighted by atomic mass is 32.2. The molecule has 0 saturated carbocycles. The number of nitrogens with zero attached hydrogens (tertiary/aromatic N) is 1. The van der Waals surface area contributed by atoms with Crippen molar-refractivity contribution in [1.82, 2.24) is 10.2 Å². The molecule has 2 aromatic carbocycles. The van der Waals surface area contributed by atoms with Crippen LogP contribution < -0.4 is 5.32 Å². The summed E-state index contributed by atoms with van der Waals surface area (Å²) >= 11 is 1.67. The second-order valence-corrected chi connectivity index (χ2v) is 8.31. The van der Waals surface area contributed by atoms with Gasteiger partial charge in [-0.15, -0.1) is 11.8 Å². The molecule has 0 aliphatic heterocycles. The van der Waals surface area contributed by atoms with E-state index in [-0.39, 0.29) is 11.8 Å².